The molecule has 5 rings (SSSR count). The Kier molecular flexibility index (Phi) is 6.79. The summed E-state index contributed by atoms with van der Waals surface area (Å²) in [4.78, 5) is 29.7. The van der Waals surface area contributed by atoms with Crippen molar-refractivity contribution in [1.29, 1.82) is 0 Å². The Balaban J connectivity index is 1.53. The van der Waals surface area contributed by atoms with E-state index in [1.165, 1.54) is 0 Å². The standard InChI is InChI=1S/C27H35N5O6/c1-5-10-32-21-7-6-19(31-12-14-37-25(31)35)15-20(21)27(24(32)34)17(2)23(26(3,4)36)22(38-27)8-11-30-16-18(9-13-33)28-29-30/h5-7,15-17,22-23,33,36H,1,8-14H2,2-4H3/t17-,22+,23-,27+/m0/s1. The molecule has 11 heteroatoms. The van der Waals surface area contributed by atoms with Gasteiger partial charge in [-0.15, -0.1) is 11.7 Å². The van der Waals surface area contributed by atoms with Gasteiger partial charge in [0.25, 0.3) is 5.91 Å². The van der Waals surface area contributed by atoms with E-state index in [0.717, 1.165) is 0 Å². The fourth-order valence-corrected chi connectivity index (χ4v) is 6.38. The number of aliphatic hydroxyl groups excluding tert-OH is 1. The number of anilines is 2. The van der Waals surface area contributed by atoms with Crippen LogP contribution in [-0.4, -0.2) is 75.2 Å². The Morgan fingerprint density at radius 1 is 1.32 bits per heavy atom. The fraction of sp³-hybridized carbons (Fsp3) is 0.556. The van der Waals surface area contributed by atoms with Crippen molar-refractivity contribution < 1.29 is 29.3 Å². The van der Waals surface area contributed by atoms with E-state index < -0.39 is 23.4 Å². The third kappa shape index (κ3) is 4.18. The first-order valence-corrected chi connectivity index (χ1v) is 13.0. The molecule has 0 radical (unpaired) electrons. The van der Waals surface area contributed by atoms with Crippen molar-refractivity contribution in [2.45, 2.75) is 57.5 Å². The van der Waals surface area contributed by atoms with Crippen molar-refractivity contribution >= 4 is 23.4 Å². The molecule has 2 saturated heterocycles. The van der Waals surface area contributed by atoms with Crippen molar-refractivity contribution in [1.82, 2.24) is 15.0 Å². The van der Waals surface area contributed by atoms with Crippen LogP contribution in [0.5, 0.6) is 0 Å². The average molecular weight is 526 g/mol. The molecule has 1 spiro atoms. The smallest absolute Gasteiger partial charge is 0.414 e. The number of aryl methyl sites for hydroxylation is 1. The van der Waals surface area contributed by atoms with Gasteiger partial charge in [-0.2, -0.15) is 0 Å². The number of hydrogen-bond donors (Lipinski definition) is 2. The Labute approximate surface area is 221 Å². The lowest BCUT2D eigenvalue weighted by atomic mass is 9.71. The number of carbonyl (C=O) groups is 2. The number of nitrogens with zero attached hydrogens (tertiary/aromatic N) is 5. The number of benzene rings is 1. The van der Waals surface area contributed by atoms with Crippen molar-refractivity contribution in [2.24, 2.45) is 11.8 Å². The van der Waals surface area contributed by atoms with Crippen LogP contribution in [0.15, 0.2) is 37.1 Å². The zero-order chi connectivity index (χ0) is 27.2. The highest BCUT2D eigenvalue weighted by Gasteiger charge is 2.65. The van der Waals surface area contributed by atoms with Crippen LogP contribution in [0, 0.1) is 11.8 Å². The molecule has 2 aromatic rings. The van der Waals surface area contributed by atoms with Crippen molar-refractivity contribution in [3.8, 4) is 0 Å². The Morgan fingerprint density at radius 3 is 2.76 bits per heavy atom. The lowest BCUT2D eigenvalue weighted by Gasteiger charge is -2.34. The van der Waals surface area contributed by atoms with Gasteiger partial charge in [-0.3, -0.25) is 14.4 Å². The molecule has 3 aliphatic rings. The van der Waals surface area contributed by atoms with Crippen molar-refractivity contribution in [3.05, 3.63) is 48.3 Å². The van der Waals surface area contributed by atoms with Crippen LogP contribution in [-0.2, 0) is 32.8 Å². The SMILES string of the molecule is C=CCN1C(=O)[C@]2(O[C@H](CCn3cc(CCO)nn3)[C@@H](C(C)(C)O)[C@@H]2C)c2cc(N3CCOC3=O)ccc21. The maximum atomic E-state index is 14.2. The van der Waals surface area contributed by atoms with Gasteiger partial charge in [-0.1, -0.05) is 18.2 Å². The molecule has 2 N–H and O–H groups in total. The predicted octanol–water partition coefficient (Wildman–Crippen LogP) is 2.01. The molecule has 3 aliphatic heterocycles. The maximum Gasteiger partial charge on any atom is 0.414 e. The summed E-state index contributed by atoms with van der Waals surface area (Å²) in [7, 11) is 0. The number of ether oxygens (including phenoxy) is 2. The quantitative estimate of drug-likeness (QED) is 0.476. The maximum absolute atomic E-state index is 14.2. The summed E-state index contributed by atoms with van der Waals surface area (Å²) >= 11 is 0. The van der Waals surface area contributed by atoms with Crippen LogP contribution in [0.3, 0.4) is 0 Å². The highest BCUT2D eigenvalue weighted by molar-refractivity contribution is 6.08. The van der Waals surface area contributed by atoms with Gasteiger partial charge in [0.1, 0.15) is 6.61 Å². The minimum Gasteiger partial charge on any atom is -0.447 e. The van der Waals surface area contributed by atoms with Crippen LogP contribution < -0.4 is 9.80 Å². The molecular formula is C27H35N5O6. The Bertz CT molecular complexity index is 1240. The van der Waals surface area contributed by atoms with E-state index in [0.29, 0.717) is 61.7 Å². The molecule has 0 bridgehead atoms. The molecular weight excluding hydrogens is 490 g/mol. The first-order valence-electron chi connectivity index (χ1n) is 13.0. The number of aromatic nitrogens is 3. The number of aliphatic hydroxyl groups is 2. The van der Waals surface area contributed by atoms with E-state index in [4.69, 9.17) is 9.47 Å². The molecule has 1 aromatic carbocycles. The summed E-state index contributed by atoms with van der Waals surface area (Å²) < 4.78 is 13.6. The highest BCUT2D eigenvalue weighted by Crippen LogP contribution is 2.58. The number of cyclic esters (lactones) is 1. The zero-order valence-electron chi connectivity index (χ0n) is 22.0. The second-order valence-electron chi connectivity index (χ2n) is 10.8. The summed E-state index contributed by atoms with van der Waals surface area (Å²) in [6.07, 6.45) is 3.48. The van der Waals surface area contributed by atoms with E-state index in [1.54, 1.807) is 40.6 Å². The van der Waals surface area contributed by atoms with Crippen molar-refractivity contribution in [3.63, 3.8) is 0 Å². The molecule has 0 aliphatic carbocycles. The molecule has 1 aromatic heterocycles. The summed E-state index contributed by atoms with van der Waals surface area (Å²) in [6.45, 7) is 10.8. The monoisotopic (exact) mass is 525 g/mol. The van der Waals surface area contributed by atoms with E-state index in [1.807, 2.05) is 25.1 Å². The fourth-order valence-electron chi connectivity index (χ4n) is 6.38. The summed E-state index contributed by atoms with van der Waals surface area (Å²) in [5.41, 5.74) is 0.238. The van der Waals surface area contributed by atoms with E-state index in [9.17, 15) is 19.8 Å². The van der Waals surface area contributed by atoms with Gasteiger partial charge in [-0.05, 0) is 38.5 Å². The van der Waals surface area contributed by atoms with Gasteiger partial charge >= 0.3 is 6.09 Å². The van der Waals surface area contributed by atoms with Crippen molar-refractivity contribution in [2.75, 3.05) is 36.1 Å². The third-order valence-corrected chi connectivity index (χ3v) is 7.95. The molecule has 2 fully saturated rings. The first kappa shape index (κ1) is 26.3. The van der Waals surface area contributed by atoms with Gasteiger partial charge in [-0.25, -0.2) is 4.79 Å². The number of amides is 2. The van der Waals surface area contributed by atoms with E-state index in [-0.39, 0.29) is 24.3 Å². The van der Waals surface area contributed by atoms with Crippen LogP contribution >= 0.6 is 0 Å². The number of carbonyl (C=O) groups excluding carboxylic acids is 2. The summed E-state index contributed by atoms with van der Waals surface area (Å²) in [6, 6.07) is 5.50. The van der Waals surface area contributed by atoms with E-state index >= 15 is 0 Å². The van der Waals surface area contributed by atoms with Gasteiger partial charge in [0, 0.05) is 55.4 Å². The highest BCUT2D eigenvalue weighted by atomic mass is 16.6. The van der Waals surface area contributed by atoms with Gasteiger partial charge in [0.2, 0.25) is 0 Å². The number of hydrogen-bond acceptors (Lipinski definition) is 8. The molecule has 11 nitrogen and oxygen atoms in total. The number of rotatable bonds is 9. The molecule has 0 saturated carbocycles. The summed E-state index contributed by atoms with van der Waals surface area (Å²) in [5, 5.41) is 28.7. The normalized spacial score (nSPS) is 26.9. The summed E-state index contributed by atoms with van der Waals surface area (Å²) in [5.74, 6) is -0.956. The van der Waals surface area contributed by atoms with E-state index in [2.05, 4.69) is 16.9 Å². The lowest BCUT2D eigenvalue weighted by Crippen LogP contribution is -2.46. The molecule has 2 amide bonds. The largest absolute Gasteiger partial charge is 0.447 e. The van der Waals surface area contributed by atoms with Crippen LogP contribution in [0.1, 0.15) is 38.4 Å². The molecule has 204 valence electrons. The van der Waals surface area contributed by atoms with Crippen LogP contribution in [0.2, 0.25) is 0 Å². The predicted molar refractivity (Wildman–Crippen MR) is 139 cm³/mol. The topological polar surface area (TPSA) is 130 Å². The average Bonchev–Trinajstić information content (AvgIpc) is 3.61. The Morgan fingerprint density at radius 2 is 2.11 bits per heavy atom. The van der Waals surface area contributed by atoms with Crippen LogP contribution in [0.25, 0.3) is 0 Å². The molecule has 4 atom stereocenters. The minimum atomic E-state index is -1.34. The van der Waals surface area contributed by atoms with Gasteiger partial charge < -0.3 is 24.6 Å². The van der Waals surface area contributed by atoms with Gasteiger partial charge in [0.05, 0.1) is 29.6 Å². The Hall–Kier alpha value is -3.28. The second-order valence-corrected chi connectivity index (χ2v) is 10.8. The molecule has 4 heterocycles. The first-order chi connectivity index (χ1) is 18.1. The zero-order valence-corrected chi connectivity index (χ0v) is 22.0. The lowest BCUT2D eigenvalue weighted by molar-refractivity contribution is -0.146. The molecule has 0 unspecified atom stereocenters. The van der Waals surface area contributed by atoms with Crippen LogP contribution in [0.4, 0.5) is 16.2 Å². The minimum absolute atomic E-state index is 0.00882. The second kappa shape index (κ2) is 9.79. The van der Waals surface area contributed by atoms with Gasteiger partial charge in [0.15, 0.2) is 5.60 Å². The number of fused-ring (bicyclic) bond motifs is 2. The molecule has 38 heavy (non-hydrogen) atoms. The third-order valence-electron chi connectivity index (χ3n) is 7.95.